The van der Waals surface area contributed by atoms with Crippen molar-refractivity contribution >= 4 is 5.71 Å². The fourth-order valence-electron chi connectivity index (χ4n) is 3.41. The van der Waals surface area contributed by atoms with Crippen LogP contribution >= 0.6 is 0 Å². The monoisotopic (exact) mass is 373 g/mol. The Balaban J connectivity index is 1.76. The van der Waals surface area contributed by atoms with E-state index in [1.807, 2.05) is 25.1 Å². The number of aliphatic imine (C=N–C) groups is 1. The molecule has 144 valence electrons. The minimum Gasteiger partial charge on any atom is -0.493 e. The third-order valence-electron chi connectivity index (χ3n) is 4.97. The number of benzene rings is 3. The Morgan fingerprint density at radius 2 is 1.36 bits per heavy atom. The summed E-state index contributed by atoms with van der Waals surface area (Å²) in [5.41, 5.74) is 4.70. The van der Waals surface area contributed by atoms with Crippen LogP contribution in [0.4, 0.5) is 0 Å². The molecule has 0 atom stereocenters. The second-order valence-corrected chi connectivity index (χ2v) is 6.70. The summed E-state index contributed by atoms with van der Waals surface area (Å²) in [6.45, 7) is 2.80. The van der Waals surface area contributed by atoms with Crippen molar-refractivity contribution in [2.75, 3.05) is 20.8 Å². The van der Waals surface area contributed by atoms with Crippen LogP contribution < -0.4 is 9.47 Å². The van der Waals surface area contributed by atoms with Crippen LogP contribution in [0.2, 0.25) is 0 Å². The second-order valence-electron chi connectivity index (χ2n) is 6.70. The van der Waals surface area contributed by atoms with Crippen molar-refractivity contribution < 1.29 is 9.47 Å². The summed E-state index contributed by atoms with van der Waals surface area (Å²) >= 11 is 0. The molecule has 0 saturated heterocycles. The Morgan fingerprint density at radius 1 is 0.786 bits per heavy atom. The first-order valence-corrected chi connectivity index (χ1v) is 9.56. The van der Waals surface area contributed by atoms with Crippen LogP contribution in [0.25, 0.3) is 0 Å². The summed E-state index contributed by atoms with van der Waals surface area (Å²) in [5.74, 6) is 1.79. The van der Waals surface area contributed by atoms with Gasteiger partial charge in [-0.05, 0) is 48.2 Å². The molecule has 0 spiro atoms. The maximum atomic E-state index is 5.41. The Hall–Kier alpha value is -3.07. The summed E-state index contributed by atoms with van der Waals surface area (Å²) < 4.78 is 10.7. The van der Waals surface area contributed by atoms with Gasteiger partial charge in [-0.2, -0.15) is 0 Å². The van der Waals surface area contributed by atoms with E-state index in [0.29, 0.717) is 5.92 Å². The van der Waals surface area contributed by atoms with E-state index in [2.05, 4.69) is 60.7 Å². The highest BCUT2D eigenvalue weighted by Crippen LogP contribution is 2.29. The van der Waals surface area contributed by atoms with Gasteiger partial charge in [-0.25, -0.2) is 0 Å². The number of nitrogens with zero attached hydrogens (tertiary/aromatic N) is 1. The lowest BCUT2D eigenvalue weighted by molar-refractivity contribution is 0.355. The van der Waals surface area contributed by atoms with Gasteiger partial charge >= 0.3 is 0 Å². The molecule has 0 aliphatic heterocycles. The lowest BCUT2D eigenvalue weighted by Gasteiger charge is -2.17. The standard InChI is InChI=1S/C25H27NO2/c1-19(22-14-15-24(27-2)25(18-22)28-3)26-17-16-23(20-10-6-4-7-11-20)21-12-8-5-9-13-21/h4-15,18,23H,16-17H2,1-3H3. The lowest BCUT2D eigenvalue weighted by Crippen LogP contribution is -2.05. The molecule has 28 heavy (non-hydrogen) atoms. The summed E-state index contributed by atoms with van der Waals surface area (Å²) in [6.07, 6.45) is 0.957. The molecule has 0 bridgehead atoms. The van der Waals surface area contributed by atoms with Gasteiger partial charge in [0.1, 0.15) is 0 Å². The summed E-state index contributed by atoms with van der Waals surface area (Å²) in [5, 5.41) is 0. The number of hydrogen-bond acceptors (Lipinski definition) is 3. The predicted molar refractivity (Wildman–Crippen MR) is 116 cm³/mol. The van der Waals surface area contributed by atoms with Gasteiger partial charge < -0.3 is 9.47 Å². The summed E-state index contributed by atoms with van der Waals surface area (Å²) in [6, 6.07) is 27.2. The van der Waals surface area contributed by atoms with Gasteiger partial charge in [0.15, 0.2) is 11.5 Å². The van der Waals surface area contributed by atoms with E-state index in [1.54, 1.807) is 14.2 Å². The van der Waals surface area contributed by atoms with Crippen molar-refractivity contribution in [1.29, 1.82) is 0 Å². The number of rotatable bonds is 8. The molecular weight excluding hydrogens is 346 g/mol. The zero-order chi connectivity index (χ0) is 19.8. The third-order valence-corrected chi connectivity index (χ3v) is 4.97. The van der Waals surface area contributed by atoms with Crippen LogP contribution in [0.1, 0.15) is 36.0 Å². The molecule has 0 heterocycles. The van der Waals surface area contributed by atoms with Crippen LogP contribution in [0.5, 0.6) is 11.5 Å². The predicted octanol–water partition coefficient (Wildman–Crippen LogP) is 5.74. The van der Waals surface area contributed by atoms with Crippen LogP contribution in [0, 0.1) is 0 Å². The van der Waals surface area contributed by atoms with Crippen molar-refractivity contribution in [2.24, 2.45) is 4.99 Å². The molecule has 0 aliphatic carbocycles. The van der Waals surface area contributed by atoms with Gasteiger partial charge in [0.05, 0.1) is 14.2 Å². The quantitative estimate of drug-likeness (QED) is 0.472. The summed E-state index contributed by atoms with van der Waals surface area (Å²) in [4.78, 5) is 4.84. The van der Waals surface area contributed by atoms with E-state index in [9.17, 15) is 0 Å². The Morgan fingerprint density at radius 3 is 1.89 bits per heavy atom. The first-order valence-electron chi connectivity index (χ1n) is 9.56. The fourth-order valence-corrected chi connectivity index (χ4v) is 3.41. The van der Waals surface area contributed by atoms with Crippen LogP contribution in [-0.4, -0.2) is 26.5 Å². The van der Waals surface area contributed by atoms with Gasteiger partial charge in [0, 0.05) is 18.2 Å². The smallest absolute Gasteiger partial charge is 0.161 e. The maximum Gasteiger partial charge on any atom is 0.161 e. The van der Waals surface area contributed by atoms with E-state index in [4.69, 9.17) is 14.5 Å². The van der Waals surface area contributed by atoms with E-state index < -0.39 is 0 Å². The van der Waals surface area contributed by atoms with E-state index in [-0.39, 0.29) is 0 Å². The van der Waals surface area contributed by atoms with Crippen LogP contribution in [-0.2, 0) is 0 Å². The fraction of sp³-hybridized carbons (Fsp3) is 0.240. The van der Waals surface area contributed by atoms with Gasteiger partial charge in [0.2, 0.25) is 0 Å². The van der Waals surface area contributed by atoms with Crippen molar-refractivity contribution in [3.8, 4) is 11.5 Å². The molecule has 3 nitrogen and oxygen atoms in total. The van der Waals surface area contributed by atoms with Crippen molar-refractivity contribution in [3.63, 3.8) is 0 Å². The molecule has 3 rings (SSSR count). The molecule has 0 saturated carbocycles. The molecular formula is C25H27NO2. The van der Waals surface area contributed by atoms with Crippen molar-refractivity contribution in [1.82, 2.24) is 0 Å². The van der Waals surface area contributed by atoms with Gasteiger partial charge in [0.25, 0.3) is 0 Å². The first-order chi connectivity index (χ1) is 13.7. The Kier molecular flexibility index (Phi) is 6.85. The molecule has 3 aromatic rings. The number of ether oxygens (including phenoxy) is 2. The lowest BCUT2D eigenvalue weighted by atomic mass is 9.88. The van der Waals surface area contributed by atoms with Crippen molar-refractivity contribution in [2.45, 2.75) is 19.3 Å². The molecule has 3 aromatic carbocycles. The van der Waals surface area contributed by atoms with Gasteiger partial charge in [-0.15, -0.1) is 0 Å². The third kappa shape index (κ3) is 4.80. The highest BCUT2D eigenvalue weighted by molar-refractivity contribution is 5.99. The highest BCUT2D eigenvalue weighted by Gasteiger charge is 2.13. The molecule has 0 aromatic heterocycles. The molecule has 0 aliphatic rings. The minimum atomic E-state index is 0.337. The Bertz CT molecular complexity index is 865. The first kappa shape index (κ1) is 19.7. The maximum absolute atomic E-state index is 5.41. The average Bonchev–Trinajstić information content (AvgIpc) is 2.77. The normalized spacial score (nSPS) is 11.5. The average molecular weight is 373 g/mol. The van der Waals surface area contributed by atoms with Crippen LogP contribution in [0.15, 0.2) is 83.9 Å². The molecule has 0 unspecified atom stereocenters. The second kappa shape index (κ2) is 9.75. The molecule has 3 heteroatoms. The van der Waals surface area contributed by atoms with E-state index in [0.717, 1.165) is 35.7 Å². The minimum absolute atomic E-state index is 0.337. The zero-order valence-corrected chi connectivity index (χ0v) is 16.8. The van der Waals surface area contributed by atoms with Crippen LogP contribution in [0.3, 0.4) is 0 Å². The highest BCUT2D eigenvalue weighted by atomic mass is 16.5. The molecule has 0 fully saturated rings. The molecule has 0 radical (unpaired) electrons. The number of methoxy groups -OCH3 is 2. The van der Waals surface area contributed by atoms with E-state index >= 15 is 0 Å². The SMILES string of the molecule is COc1ccc(C(C)=NCCC(c2ccccc2)c2ccccc2)cc1OC. The molecule has 0 N–H and O–H groups in total. The Labute approximate surface area is 167 Å². The summed E-state index contributed by atoms with van der Waals surface area (Å²) in [7, 11) is 3.30. The van der Waals surface area contributed by atoms with Gasteiger partial charge in [-0.3, -0.25) is 4.99 Å². The van der Waals surface area contributed by atoms with Gasteiger partial charge in [-0.1, -0.05) is 60.7 Å². The molecule has 0 amide bonds. The largest absolute Gasteiger partial charge is 0.493 e. The number of hydrogen-bond donors (Lipinski definition) is 0. The topological polar surface area (TPSA) is 30.8 Å². The van der Waals surface area contributed by atoms with E-state index in [1.165, 1.54) is 11.1 Å². The van der Waals surface area contributed by atoms with Crippen molar-refractivity contribution in [3.05, 3.63) is 95.6 Å². The zero-order valence-electron chi connectivity index (χ0n) is 16.8.